The molecule has 0 radical (unpaired) electrons. The molecule has 0 heterocycles. The highest BCUT2D eigenvalue weighted by Crippen LogP contribution is 2.17. The molecule has 1 unspecified atom stereocenters. The van der Waals surface area contributed by atoms with Crippen LogP contribution in [0.5, 0.6) is 0 Å². The summed E-state index contributed by atoms with van der Waals surface area (Å²) in [6.45, 7) is 6.51. The van der Waals surface area contributed by atoms with Crippen molar-refractivity contribution < 1.29 is 4.39 Å². The van der Waals surface area contributed by atoms with Gasteiger partial charge in [-0.25, -0.2) is 4.39 Å². The summed E-state index contributed by atoms with van der Waals surface area (Å²) >= 11 is 0. The van der Waals surface area contributed by atoms with Gasteiger partial charge < -0.3 is 0 Å². The zero-order valence-corrected chi connectivity index (χ0v) is 9.31. The van der Waals surface area contributed by atoms with Gasteiger partial charge >= 0.3 is 0 Å². The van der Waals surface area contributed by atoms with Crippen molar-refractivity contribution in [2.24, 2.45) is 5.92 Å². The van der Waals surface area contributed by atoms with Crippen molar-refractivity contribution in [3.63, 3.8) is 0 Å². The molecule has 1 rings (SSSR count). The molecular formula is C13H19F. The predicted octanol–water partition coefficient (Wildman–Crippen LogP) is 3.98. The fourth-order valence-electron chi connectivity index (χ4n) is 1.64. The van der Waals surface area contributed by atoms with Crippen LogP contribution < -0.4 is 0 Å². The first-order chi connectivity index (χ1) is 6.67. The van der Waals surface area contributed by atoms with Crippen LogP contribution in [0.1, 0.15) is 38.3 Å². The van der Waals surface area contributed by atoms with Crippen molar-refractivity contribution in [2.45, 2.75) is 40.0 Å². The topological polar surface area (TPSA) is 0 Å². The second-order valence-corrected chi connectivity index (χ2v) is 3.98. The Morgan fingerprint density at radius 3 is 2.50 bits per heavy atom. The number of halogens is 1. The molecule has 0 spiro atoms. The van der Waals surface area contributed by atoms with Gasteiger partial charge in [-0.1, -0.05) is 33.3 Å². The number of aryl methyl sites for hydroxylation is 1. The van der Waals surface area contributed by atoms with E-state index in [1.807, 2.05) is 6.07 Å². The van der Waals surface area contributed by atoms with Gasteiger partial charge in [0.05, 0.1) is 0 Å². The van der Waals surface area contributed by atoms with Crippen LogP contribution in [0.4, 0.5) is 4.39 Å². The minimum atomic E-state index is -0.116. The molecule has 0 amide bonds. The molecule has 0 saturated carbocycles. The Labute approximate surface area is 86.2 Å². The van der Waals surface area contributed by atoms with Crippen LogP contribution >= 0.6 is 0 Å². The van der Waals surface area contributed by atoms with Gasteiger partial charge in [0, 0.05) is 0 Å². The molecule has 0 aliphatic carbocycles. The quantitative estimate of drug-likeness (QED) is 0.680. The molecule has 1 atom stereocenters. The summed E-state index contributed by atoms with van der Waals surface area (Å²) in [5.41, 5.74) is 2.47. The Hall–Kier alpha value is -0.850. The van der Waals surface area contributed by atoms with E-state index >= 15 is 0 Å². The Bertz CT molecular complexity index is 291. The van der Waals surface area contributed by atoms with E-state index in [0.717, 1.165) is 18.4 Å². The van der Waals surface area contributed by atoms with Gasteiger partial charge in [-0.3, -0.25) is 0 Å². The monoisotopic (exact) mass is 194 g/mol. The number of benzene rings is 1. The highest BCUT2D eigenvalue weighted by molar-refractivity contribution is 5.28. The van der Waals surface area contributed by atoms with Crippen molar-refractivity contribution in [3.8, 4) is 0 Å². The molecule has 1 aromatic rings. The lowest BCUT2D eigenvalue weighted by molar-refractivity contribution is 0.555. The van der Waals surface area contributed by atoms with Crippen molar-refractivity contribution in [1.82, 2.24) is 0 Å². The first kappa shape index (κ1) is 11.2. The van der Waals surface area contributed by atoms with Gasteiger partial charge in [0.15, 0.2) is 0 Å². The molecule has 0 aliphatic heterocycles. The average Bonchev–Trinajstić information content (AvgIpc) is 2.20. The lowest BCUT2D eigenvalue weighted by atomic mass is 9.94. The summed E-state index contributed by atoms with van der Waals surface area (Å²) < 4.78 is 13.0. The van der Waals surface area contributed by atoms with Crippen molar-refractivity contribution in [1.29, 1.82) is 0 Å². The van der Waals surface area contributed by atoms with E-state index in [0.29, 0.717) is 5.92 Å². The molecule has 0 aromatic heterocycles. The highest BCUT2D eigenvalue weighted by atomic mass is 19.1. The third-order valence-electron chi connectivity index (χ3n) is 2.81. The van der Waals surface area contributed by atoms with Gasteiger partial charge in [-0.2, -0.15) is 0 Å². The Morgan fingerprint density at radius 2 is 1.93 bits per heavy atom. The normalized spacial score (nSPS) is 12.9. The van der Waals surface area contributed by atoms with Crippen LogP contribution in [0, 0.1) is 11.7 Å². The van der Waals surface area contributed by atoms with Crippen LogP contribution in [0.2, 0.25) is 0 Å². The van der Waals surface area contributed by atoms with Crippen LogP contribution in [-0.4, -0.2) is 0 Å². The van der Waals surface area contributed by atoms with E-state index in [4.69, 9.17) is 0 Å². The van der Waals surface area contributed by atoms with Gasteiger partial charge in [0.25, 0.3) is 0 Å². The van der Waals surface area contributed by atoms with Crippen LogP contribution in [0.15, 0.2) is 18.2 Å². The lowest BCUT2D eigenvalue weighted by Crippen LogP contribution is -2.01. The minimum absolute atomic E-state index is 0.116. The maximum atomic E-state index is 13.0. The van der Waals surface area contributed by atoms with Crippen LogP contribution in [0.25, 0.3) is 0 Å². The minimum Gasteiger partial charge on any atom is -0.207 e. The third kappa shape index (κ3) is 2.83. The second kappa shape index (κ2) is 5.14. The summed E-state index contributed by atoms with van der Waals surface area (Å²) in [5, 5.41) is 0. The molecule has 0 N–H and O–H groups in total. The van der Waals surface area contributed by atoms with Gasteiger partial charge in [0.2, 0.25) is 0 Å². The maximum Gasteiger partial charge on any atom is 0.123 e. The molecule has 78 valence electrons. The molecule has 14 heavy (non-hydrogen) atoms. The van der Waals surface area contributed by atoms with Crippen molar-refractivity contribution in [2.75, 3.05) is 0 Å². The Kier molecular flexibility index (Phi) is 4.12. The predicted molar refractivity (Wildman–Crippen MR) is 58.9 cm³/mol. The van der Waals surface area contributed by atoms with E-state index in [-0.39, 0.29) is 5.82 Å². The fraction of sp³-hybridized carbons (Fsp3) is 0.538. The number of hydrogen-bond acceptors (Lipinski definition) is 0. The van der Waals surface area contributed by atoms with Crippen LogP contribution in [0.3, 0.4) is 0 Å². The van der Waals surface area contributed by atoms with E-state index in [2.05, 4.69) is 20.8 Å². The molecule has 1 heteroatoms. The Morgan fingerprint density at radius 1 is 1.21 bits per heavy atom. The zero-order valence-electron chi connectivity index (χ0n) is 9.31. The Balaban J connectivity index is 2.85. The summed E-state index contributed by atoms with van der Waals surface area (Å²) in [5.74, 6) is 0.570. The summed E-state index contributed by atoms with van der Waals surface area (Å²) in [6, 6.07) is 5.16. The standard InChI is InChI=1S/C13H19F/c1-4-10(3)8-12-6-7-13(14)9-11(12)5-2/h6-7,9-10H,4-5,8H2,1-3H3. The molecule has 1 aromatic carbocycles. The SMILES string of the molecule is CCc1cc(F)ccc1CC(C)CC. The summed E-state index contributed by atoms with van der Waals surface area (Å²) in [7, 11) is 0. The molecular weight excluding hydrogens is 175 g/mol. The first-order valence-corrected chi connectivity index (χ1v) is 5.44. The van der Waals surface area contributed by atoms with E-state index in [1.54, 1.807) is 12.1 Å². The largest absolute Gasteiger partial charge is 0.207 e. The third-order valence-corrected chi connectivity index (χ3v) is 2.81. The molecule has 0 bridgehead atoms. The lowest BCUT2D eigenvalue weighted by Gasteiger charge is -2.12. The average molecular weight is 194 g/mol. The van der Waals surface area contributed by atoms with E-state index in [9.17, 15) is 4.39 Å². The number of rotatable bonds is 4. The van der Waals surface area contributed by atoms with Gasteiger partial charge in [-0.05, 0) is 42.0 Å². The van der Waals surface area contributed by atoms with Crippen molar-refractivity contribution >= 4 is 0 Å². The van der Waals surface area contributed by atoms with E-state index < -0.39 is 0 Å². The molecule has 0 saturated heterocycles. The molecule has 0 fully saturated rings. The van der Waals surface area contributed by atoms with Gasteiger partial charge in [-0.15, -0.1) is 0 Å². The van der Waals surface area contributed by atoms with Gasteiger partial charge in [0.1, 0.15) is 5.82 Å². The summed E-state index contributed by atoms with van der Waals surface area (Å²) in [6.07, 6.45) is 3.17. The van der Waals surface area contributed by atoms with Crippen molar-refractivity contribution in [3.05, 3.63) is 35.1 Å². The van der Waals surface area contributed by atoms with Crippen LogP contribution in [-0.2, 0) is 12.8 Å². The number of hydrogen-bond donors (Lipinski definition) is 0. The smallest absolute Gasteiger partial charge is 0.123 e. The summed E-state index contributed by atoms with van der Waals surface area (Å²) in [4.78, 5) is 0. The second-order valence-electron chi connectivity index (χ2n) is 3.98. The molecule has 0 aliphatic rings. The fourth-order valence-corrected chi connectivity index (χ4v) is 1.64. The first-order valence-electron chi connectivity index (χ1n) is 5.44. The maximum absolute atomic E-state index is 13.0. The molecule has 0 nitrogen and oxygen atoms in total. The zero-order chi connectivity index (χ0) is 10.6. The van der Waals surface area contributed by atoms with E-state index in [1.165, 1.54) is 12.0 Å². The highest BCUT2D eigenvalue weighted by Gasteiger charge is 2.06.